The van der Waals surface area contributed by atoms with E-state index in [0.29, 0.717) is 22.1 Å². The van der Waals surface area contributed by atoms with Gasteiger partial charge in [-0.05, 0) is 37.1 Å². The molecule has 1 N–H and O–H groups in total. The van der Waals surface area contributed by atoms with Crippen LogP contribution < -0.4 is 5.32 Å². The number of thioether (sulfide) groups is 1. The minimum absolute atomic E-state index is 0.0353. The van der Waals surface area contributed by atoms with Gasteiger partial charge in [0, 0.05) is 27.6 Å². The number of hydrogen-bond acceptors (Lipinski definition) is 5. The molecule has 1 amide bonds. The lowest BCUT2D eigenvalue weighted by Crippen LogP contribution is -2.21. The van der Waals surface area contributed by atoms with Gasteiger partial charge in [-0.3, -0.25) is 4.79 Å². The number of para-hydroxylation sites is 1. The van der Waals surface area contributed by atoms with Gasteiger partial charge in [-0.1, -0.05) is 49.1 Å². The molecule has 1 aromatic heterocycles. The van der Waals surface area contributed by atoms with E-state index in [9.17, 15) is 22.8 Å². The monoisotopic (exact) mass is 525 g/mol. The molecule has 186 valence electrons. The first kappa shape index (κ1) is 25.4. The van der Waals surface area contributed by atoms with E-state index in [-0.39, 0.29) is 11.4 Å². The number of carbonyl (C=O) groups excluding carboxylic acids is 2. The van der Waals surface area contributed by atoms with E-state index in [1.54, 1.807) is 23.9 Å². The Labute approximate surface area is 209 Å². The zero-order chi connectivity index (χ0) is 25.0. The summed E-state index contributed by atoms with van der Waals surface area (Å²) in [6, 6.07) is 10.3. The van der Waals surface area contributed by atoms with Crippen LogP contribution in [-0.2, 0) is 21.5 Å². The second-order valence-corrected chi connectivity index (χ2v) is 9.99. The van der Waals surface area contributed by atoms with Gasteiger partial charge < -0.3 is 14.5 Å². The first-order chi connectivity index (χ1) is 16.7. The lowest BCUT2D eigenvalue weighted by atomic mass is 10.0. The molecule has 0 spiro atoms. The van der Waals surface area contributed by atoms with E-state index < -0.39 is 35.2 Å². The molecule has 1 aliphatic rings. The standard InChI is InChI=1S/C25H23ClF3NO4S/c26-20-11-10-15(12-19(20)25(27,28)29)30-22(31)13-33-24(32)23-18(14-35-16-6-2-1-3-7-16)17-8-4-5-9-21(17)34-23/h4-5,8-12,16H,1-3,6-7,13-14H2,(H,30,31). The van der Waals surface area contributed by atoms with Crippen molar-refractivity contribution in [3.05, 3.63) is 64.4 Å². The largest absolute Gasteiger partial charge is 0.450 e. The Kier molecular flexibility index (Phi) is 7.96. The third-order valence-electron chi connectivity index (χ3n) is 5.79. The number of halogens is 4. The number of esters is 1. The van der Waals surface area contributed by atoms with E-state index in [4.69, 9.17) is 20.8 Å². The Morgan fingerprint density at radius 2 is 1.86 bits per heavy atom. The van der Waals surface area contributed by atoms with Crippen molar-refractivity contribution in [1.29, 1.82) is 0 Å². The summed E-state index contributed by atoms with van der Waals surface area (Å²) in [5, 5.41) is 3.14. The second-order valence-electron chi connectivity index (χ2n) is 8.29. The molecule has 5 nitrogen and oxygen atoms in total. The van der Waals surface area contributed by atoms with Crippen LogP contribution in [0.5, 0.6) is 0 Å². The van der Waals surface area contributed by atoms with Gasteiger partial charge in [-0.15, -0.1) is 0 Å². The van der Waals surface area contributed by atoms with Crippen molar-refractivity contribution in [2.24, 2.45) is 0 Å². The molecule has 1 fully saturated rings. The maximum absolute atomic E-state index is 13.0. The van der Waals surface area contributed by atoms with Crippen LogP contribution in [0.4, 0.5) is 18.9 Å². The zero-order valence-electron chi connectivity index (χ0n) is 18.6. The van der Waals surface area contributed by atoms with E-state index in [0.717, 1.165) is 30.4 Å². The average Bonchev–Trinajstić information content (AvgIpc) is 3.21. The number of alkyl halides is 3. The molecule has 4 rings (SSSR count). The molecule has 2 aromatic carbocycles. The number of benzene rings is 2. The van der Waals surface area contributed by atoms with Crippen LogP contribution in [0, 0.1) is 0 Å². The molecule has 0 unspecified atom stereocenters. The van der Waals surface area contributed by atoms with Crippen molar-refractivity contribution in [3.63, 3.8) is 0 Å². The highest BCUT2D eigenvalue weighted by Gasteiger charge is 2.33. The molecular weight excluding hydrogens is 503 g/mol. The summed E-state index contributed by atoms with van der Waals surface area (Å²) in [4.78, 5) is 25.0. The Hall–Kier alpha value is -2.65. The van der Waals surface area contributed by atoms with Crippen molar-refractivity contribution in [2.75, 3.05) is 11.9 Å². The SMILES string of the molecule is O=C(COC(=O)c1oc2ccccc2c1CSC1CCCCC1)Nc1ccc(Cl)c(C(F)(F)F)c1. The molecule has 1 saturated carbocycles. The number of hydrogen-bond donors (Lipinski definition) is 1. The van der Waals surface area contributed by atoms with Crippen molar-refractivity contribution < 1.29 is 31.9 Å². The summed E-state index contributed by atoms with van der Waals surface area (Å²) in [5.74, 6) is -0.984. The molecule has 35 heavy (non-hydrogen) atoms. The van der Waals surface area contributed by atoms with Gasteiger partial charge in [-0.2, -0.15) is 24.9 Å². The number of carbonyl (C=O) groups is 2. The highest BCUT2D eigenvalue weighted by atomic mass is 35.5. The van der Waals surface area contributed by atoms with Crippen molar-refractivity contribution >= 4 is 51.9 Å². The van der Waals surface area contributed by atoms with Crippen LogP contribution in [-0.4, -0.2) is 23.7 Å². The smallest absolute Gasteiger partial charge is 0.417 e. The fourth-order valence-electron chi connectivity index (χ4n) is 4.05. The summed E-state index contributed by atoms with van der Waals surface area (Å²) in [6.07, 6.45) is 1.26. The summed E-state index contributed by atoms with van der Waals surface area (Å²) in [5.41, 5.74) is 0.0746. The van der Waals surface area contributed by atoms with Gasteiger partial charge in [0.15, 0.2) is 6.61 Å². The molecule has 0 atom stereocenters. The van der Waals surface area contributed by atoms with Crippen LogP contribution >= 0.6 is 23.4 Å². The molecule has 0 bridgehead atoms. The molecular formula is C25H23ClF3NO4S. The average molecular weight is 526 g/mol. The van der Waals surface area contributed by atoms with Crippen LogP contribution in [0.15, 0.2) is 46.9 Å². The fourth-order valence-corrected chi connectivity index (χ4v) is 5.63. The predicted molar refractivity (Wildman–Crippen MR) is 130 cm³/mol. The van der Waals surface area contributed by atoms with Crippen molar-refractivity contribution in [3.8, 4) is 0 Å². The van der Waals surface area contributed by atoms with E-state index in [1.807, 2.05) is 12.1 Å². The Morgan fingerprint density at radius 1 is 1.11 bits per heavy atom. The third-order valence-corrected chi connectivity index (χ3v) is 7.52. The minimum Gasteiger partial charge on any atom is -0.450 e. The summed E-state index contributed by atoms with van der Waals surface area (Å²) in [6.45, 7) is -0.685. The van der Waals surface area contributed by atoms with Gasteiger partial charge >= 0.3 is 12.1 Å². The molecule has 3 aromatic rings. The lowest BCUT2D eigenvalue weighted by Gasteiger charge is -2.20. The van der Waals surface area contributed by atoms with Crippen molar-refractivity contribution in [2.45, 2.75) is 49.3 Å². The fraction of sp³-hybridized carbons (Fsp3) is 0.360. The number of furan rings is 1. The number of amides is 1. The Bertz CT molecular complexity index is 1220. The van der Waals surface area contributed by atoms with Crippen LogP contribution in [0.2, 0.25) is 5.02 Å². The molecule has 1 heterocycles. The second kappa shape index (κ2) is 11.0. The molecule has 1 aliphatic carbocycles. The maximum atomic E-state index is 13.0. The number of fused-ring (bicyclic) bond motifs is 1. The summed E-state index contributed by atoms with van der Waals surface area (Å²) >= 11 is 7.38. The van der Waals surface area contributed by atoms with Crippen LogP contribution in [0.3, 0.4) is 0 Å². The summed E-state index contributed by atoms with van der Waals surface area (Å²) < 4.78 is 50.0. The highest BCUT2D eigenvalue weighted by molar-refractivity contribution is 7.99. The molecule has 10 heteroatoms. The molecule has 0 radical (unpaired) electrons. The first-order valence-electron chi connectivity index (χ1n) is 11.2. The lowest BCUT2D eigenvalue weighted by molar-refractivity contribution is -0.137. The van der Waals surface area contributed by atoms with E-state index >= 15 is 0 Å². The van der Waals surface area contributed by atoms with Crippen LogP contribution in [0.1, 0.15) is 53.8 Å². The number of ether oxygens (including phenoxy) is 1. The van der Waals surface area contributed by atoms with Crippen LogP contribution in [0.25, 0.3) is 11.0 Å². The normalized spacial score (nSPS) is 14.7. The maximum Gasteiger partial charge on any atom is 0.417 e. The predicted octanol–water partition coefficient (Wildman–Crippen LogP) is 7.47. The highest BCUT2D eigenvalue weighted by Crippen LogP contribution is 2.37. The number of nitrogens with one attached hydrogen (secondary N) is 1. The van der Waals surface area contributed by atoms with Crippen molar-refractivity contribution in [1.82, 2.24) is 0 Å². The van der Waals surface area contributed by atoms with Gasteiger partial charge in [0.05, 0.1) is 10.6 Å². The molecule has 0 aliphatic heterocycles. The quantitative estimate of drug-likeness (QED) is 0.324. The Morgan fingerprint density at radius 3 is 2.60 bits per heavy atom. The zero-order valence-corrected chi connectivity index (χ0v) is 20.2. The summed E-state index contributed by atoms with van der Waals surface area (Å²) in [7, 11) is 0. The number of rotatable bonds is 7. The van der Waals surface area contributed by atoms with Gasteiger partial charge in [0.25, 0.3) is 5.91 Å². The first-order valence-corrected chi connectivity index (χ1v) is 12.6. The van der Waals surface area contributed by atoms with E-state index in [2.05, 4.69) is 5.32 Å². The van der Waals surface area contributed by atoms with Gasteiger partial charge in [0.2, 0.25) is 5.76 Å². The minimum atomic E-state index is -4.67. The van der Waals surface area contributed by atoms with Gasteiger partial charge in [-0.25, -0.2) is 4.79 Å². The Balaban J connectivity index is 1.42. The topological polar surface area (TPSA) is 68.5 Å². The van der Waals surface area contributed by atoms with E-state index in [1.165, 1.54) is 25.3 Å². The number of anilines is 1. The molecule has 0 saturated heterocycles. The van der Waals surface area contributed by atoms with Gasteiger partial charge in [0.1, 0.15) is 5.58 Å². The third kappa shape index (κ3) is 6.32.